The summed E-state index contributed by atoms with van der Waals surface area (Å²) in [6.45, 7) is 1.99. The summed E-state index contributed by atoms with van der Waals surface area (Å²) >= 11 is 0. The van der Waals surface area contributed by atoms with Crippen LogP contribution < -0.4 is 10.1 Å². The summed E-state index contributed by atoms with van der Waals surface area (Å²) < 4.78 is 7.02. The van der Waals surface area contributed by atoms with E-state index in [0.717, 1.165) is 22.6 Å². The second-order valence-corrected chi connectivity index (χ2v) is 5.55. The molecule has 0 saturated heterocycles. The van der Waals surface area contributed by atoms with Gasteiger partial charge in [0.1, 0.15) is 5.75 Å². The van der Waals surface area contributed by atoms with Gasteiger partial charge in [-0.1, -0.05) is 29.8 Å². The van der Waals surface area contributed by atoms with Crippen LogP contribution in [0.25, 0.3) is 11.8 Å². The van der Waals surface area contributed by atoms with Crippen molar-refractivity contribution in [1.29, 1.82) is 0 Å². The van der Waals surface area contributed by atoms with Gasteiger partial charge in [-0.05, 0) is 37.3 Å². The zero-order valence-electron chi connectivity index (χ0n) is 14.1. The number of benzene rings is 2. The molecule has 0 bridgehead atoms. The van der Waals surface area contributed by atoms with E-state index < -0.39 is 0 Å². The van der Waals surface area contributed by atoms with Crippen molar-refractivity contribution in [3.05, 3.63) is 78.0 Å². The van der Waals surface area contributed by atoms with Crippen LogP contribution in [-0.4, -0.2) is 22.8 Å². The van der Waals surface area contributed by atoms with Gasteiger partial charge in [0.25, 0.3) is 0 Å². The summed E-state index contributed by atoms with van der Waals surface area (Å²) in [6.07, 6.45) is 5.01. The second kappa shape index (κ2) is 7.49. The van der Waals surface area contributed by atoms with Gasteiger partial charge in [0.15, 0.2) is 5.82 Å². The lowest BCUT2D eigenvalue weighted by molar-refractivity contribution is -0.111. The first-order valence-corrected chi connectivity index (χ1v) is 7.90. The summed E-state index contributed by atoms with van der Waals surface area (Å²) in [5.41, 5.74) is 2.89. The lowest BCUT2D eigenvalue weighted by atomic mass is 10.1. The van der Waals surface area contributed by atoms with Gasteiger partial charge < -0.3 is 10.1 Å². The van der Waals surface area contributed by atoms with Gasteiger partial charge in [-0.3, -0.25) is 4.79 Å². The molecule has 5 heteroatoms. The molecule has 0 fully saturated rings. The Bertz CT molecular complexity index is 898. The Labute approximate surface area is 146 Å². The lowest BCUT2D eigenvalue weighted by Crippen LogP contribution is -2.08. The number of hydrogen-bond acceptors (Lipinski definition) is 3. The highest BCUT2D eigenvalue weighted by atomic mass is 16.5. The highest BCUT2D eigenvalue weighted by Gasteiger charge is 2.04. The van der Waals surface area contributed by atoms with E-state index in [0.29, 0.717) is 5.82 Å². The Hall–Kier alpha value is -3.34. The molecule has 1 heterocycles. The lowest BCUT2D eigenvalue weighted by Gasteiger charge is -2.05. The fraction of sp³-hybridized carbons (Fsp3) is 0.100. The first-order valence-electron chi connectivity index (χ1n) is 7.90. The molecule has 0 aliphatic heterocycles. The van der Waals surface area contributed by atoms with Gasteiger partial charge in [-0.15, -0.1) is 0 Å². The van der Waals surface area contributed by atoms with E-state index >= 15 is 0 Å². The number of ether oxygens (including phenoxy) is 1. The van der Waals surface area contributed by atoms with Crippen LogP contribution in [0.15, 0.2) is 66.9 Å². The summed E-state index contributed by atoms with van der Waals surface area (Å²) in [6, 6.07) is 17.3. The Kier molecular flexibility index (Phi) is 4.95. The molecule has 0 atom stereocenters. The third-order valence-corrected chi connectivity index (χ3v) is 3.66. The van der Waals surface area contributed by atoms with Crippen LogP contribution in [0, 0.1) is 6.92 Å². The van der Waals surface area contributed by atoms with Gasteiger partial charge in [-0.2, -0.15) is 5.10 Å². The van der Waals surface area contributed by atoms with Crippen LogP contribution in [-0.2, 0) is 4.79 Å². The maximum atomic E-state index is 12.1. The number of nitrogens with one attached hydrogen (secondary N) is 1. The average Bonchev–Trinajstić information content (AvgIpc) is 3.09. The van der Waals surface area contributed by atoms with Crippen LogP contribution in [0.3, 0.4) is 0 Å². The zero-order valence-corrected chi connectivity index (χ0v) is 14.1. The number of para-hydroxylation sites is 1. The van der Waals surface area contributed by atoms with Crippen molar-refractivity contribution >= 4 is 17.8 Å². The van der Waals surface area contributed by atoms with Gasteiger partial charge >= 0.3 is 0 Å². The molecular formula is C20H19N3O2. The van der Waals surface area contributed by atoms with E-state index in [-0.39, 0.29) is 5.91 Å². The zero-order chi connectivity index (χ0) is 17.6. The Morgan fingerprint density at radius 2 is 1.96 bits per heavy atom. The number of methoxy groups -OCH3 is 1. The summed E-state index contributed by atoms with van der Waals surface area (Å²) in [4.78, 5) is 12.1. The highest BCUT2D eigenvalue weighted by molar-refractivity contribution is 6.01. The van der Waals surface area contributed by atoms with Crippen molar-refractivity contribution in [2.45, 2.75) is 6.92 Å². The third-order valence-electron chi connectivity index (χ3n) is 3.66. The second-order valence-electron chi connectivity index (χ2n) is 5.55. The van der Waals surface area contributed by atoms with Crippen molar-refractivity contribution in [2.75, 3.05) is 12.4 Å². The molecule has 1 aromatic heterocycles. The number of anilines is 1. The van der Waals surface area contributed by atoms with Gasteiger partial charge in [0.2, 0.25) is 5.91 Å². The molecule has 0 radical (unpaired) electrons. The van der Waals surface area contributed by atoms with E-state index in [1.807, 2.05) is 55.5 Å². The predicted molar refractivity (Wildman–Crippen MR) is 99.0 cm³/mol. The Morgan fingerprint density at radius 1 is 1.16 bits per heavy atom. The van der Waals surface area contributed by atoms with Crippen molar-refractivity contribution in [1.82, 2.24) is 9.78 Å². The topological polar surface area (TPSA) is 56.1 Å². The molecule has 3 aromatic rings. The van der Waals surface area contributed by atoms with E-state index in [1.165, 1.54) is 6.08 Å². The number of carbonyl (C=O) groups is 1. The molecule has 126 valence electrons. The van der Waals surface area contributed by atoms with E-state index in [1.54, 1.807) is 30.1 Å². The molecule has 5 nitrogen and oxygen atoms in total. The molecule has 0 aliphatic rings. The minimum atomic E-state index is -0.248. The van der Waals surface area contributed by atoms with Crippen LogP contribution >= 0.6 is 0 Å². The Morgan fingerprint density at radius 3 is 2.72 bits per heavy atom. The van der Waals surface area contributed by atoms with E-state index in [9.17, 15) is 4.79 Å². The molecule has 2 aromatic carbocycles. The average molecular weight is 333 g/mol. The standard InChI is InChI=1S/C20H19N3O2/c1-15-8-10-18(25-2)16(14-15)9-11-20(24)21-19-12-13-23(22-19)17-6-4-3-5-7-17/h3-14H,1-2H3,(H,21,22,24)/b11-9+. The van der Waals surface area contributed by atoms with Crippen molar-refractivity contribution in [2.24, 2.45) is 0 Å². The number of hydrogen-bond donors (Lipinski definition) is 1. The van der Waals surface area contributed by atoms with Gasteiger partial charge in [0, 0.05) is 23.9 Å². The van der Waals surface area contributed by atoms with Crippen LogP contribution in [0.4, 0.5) is 5.82 Å². The fourth-order valence-corrected chi connectivity index (χ4v) is 2.43. The third kappa shape index (κ3) is 4.14. The molecule has 0 spiro atoms. The van der Waals surface area contributed by atoms with E-state index in [2.05, 4.69) is 10.4 Å². The van der Waals surface area contributed by atoms with Crippen LogP contribution in [0.1, 0.15) is 11.1 Å². The number of aromatic nitrogens is 2. The predicted octanol–water partition coefficient (Wildman–Crippen LogP) is 3.84. The molecule has 0 saturated carbocycles. The number of rotatable bonds is 5. The quantitative estimate of drug-likeness (QED) is 0.722. The number of carbonyl (C=O) groups excluding carboxylic acids is 1. The smallest absolute Gasteiger partial charge is 0.249 e. The molecular weight excluding hydrogens is 314 g/mol. The number of nitrogens with zero attached hydrogens (tertiary/aromatic N) is 2. The molecule has 0 aliphatic carbocycles. The highest BCUT2D eigenvalue weighted by Crippen LogP contribution is 2.21. The summed E-state index contributed by atoms with van der Waals surface area (Å²) in [7, 11) is 1.61. The first-order chi connectivity index (χ1) is 12.2. The molecule has 1 amide bonds. The number of aryl methyl sites for hydroxylation is 1. The van der Waals surface area contributed by atoms with E-state index in [4.69, 9.17) is 4.74 Å². The van der Waals surface area contributed by atoms with Gasteiger partial charge in [-0.25, -0.2) is 4.68 Å². The SMILES string of the molecule is COc1ccc(C)cc1/C=C/C(=O)Nc1ccn(-c2ccccc2)n1. The molecule has 0 unspecified atom stereocenters. The van der Waals surface area contributed by atoms with Gasteiger partial charge in [0.05, 0.1) is 12.8 Å². The largest absolute Gasteiger partial charge is 0.496 e. The summed E-state index contributed by atoms with van der Waals surface area (Å²) in [5, 5.41) is 7.11. The minimum Gasteiger partial charge on any atom is -0.496 e. The summed E-state index contributed by atoms with van der Waals surface area (Å²) in [5.74, 6) is 0.972. The normalized spacial score (nSPS) is 10.8. The molecule has 25 heavy (non-hydrogen) atoms. The molecule has 3 rings (SSSR count). The van der Waals surface area contributed by atoms with Crippen molar-refractivity contribution in [3.63, 3.8) is 0 Å². The van der Waals surface area contributed by atoms with Crippen LogP contribution in [0.5, 0.6) is 5.75 Å². The fourth-order valence-electron chi connectivity index (χ4n) is 2.43. The molecule has 1 N–H and O–H groups in total. The minimum absolute atomic E-state index is 0.248. The van der Waals surface area contributed by atoms with Crippen molar-refractivity contribution in [3.8, 4) is 11.4 Å². The Balaban J connectivity index is 1.69. The maximum Gasteiger partial charge on any atom is 0.249 e. The maximum absolute atomic E-state index is 12.1. The monoisotopic (exact) mass is 333 g/mol. The van der Waals surface area contributed by atoms with Crippen molar-refractivity contribution < 1.29 is 9.53 Å². The number of amides is 1. The first kappa shape index (κ1) is 16.5. The van der Waals surface area contributed by atoms with Crippen LogP contribution in [0.2, 0.25) is 0 Å².